The summed E-state index contributed by atoms with van der Waals surface area (Å²) >= 11 is 0. The number of hydrogen-bond donors (Lipinski definition) is 2. The van der Waals surface area contributed by atoms with Crippen molar-refractivity contribution in [2.24, 2.45) is 0 Å². The van der Waals surface area contributed by atoms with Crippen LogP contribution >= 0.6 is 0 Å². The van der Waals surface area contributed by atoms with Gasteiger partial charge in [-0.3, -0.25) is 4.79 Å². The average Bonchev–Trinajstić information content (AvgIpc) is 2.28. The van der Waals surface area contributed by atoms with E-state index in [-0.39, 0.29) is 24.7 Å². The number of phenolic OH excluding ortho intramolecular Hbond substituents is 1. The van der Waals surface area contributed by atoms with Gasteiger partial charge in [0, 0.05) is 6.42 Å². The Labute approximate surface area is 94.3 Å². The van der Waals surface area contributed by atoms with E-state index in [0.717, 1.165) is 5.56 Å². The number of rotatable bonds is 5. The summed E-state index contributed by atoms with van der Waals surface area (Å²) < 4.78 is 4.82. The van der Waals surface area contributed by atoms with Crippen LogP contribution in [0, 0.1) is 0 Å². The number of carbonyl (C=O) groups excluding carboxylic acids is 1. The molecule has 0 spiro atoms. The molecule has 1 aromatic rings. The SMILES string of the molecule is C=CCOC(=O)CCc1ccc(N)c(O)c1. The van der Waals surface area contributed by atoms with Crippen LogP contribution < -0.4 is 5.73 Å². The fourth-order valence-electron chi connectivity index (χ4n) is 1.22. The Kier molecular flexibility index (Phi) is 4.39. The molecule has 0 bridgehead atoms. The summed E-state index contributed by atoms with van der Waals surface area (Å²) in [5.74, 6) is -0.242. The summed E-state index contributed by atoms with van der Waals surface area (Å²) in [5.41, 5.74) is 6.64. The zero-order chi connectivity index (χ0) is 12.0. The number of aromatic hydroxyl groups is 1. The zero-order valence-electron chi connectivity index (χ0n) is 8.98. The molecule has 0 radical (unpaired) electrons. The molecule has 0 saturated carbocycles. The van der Waals surface area contributed by atoms with Crippen LogP contribution in [0.25, 0.3) is 0 Å². The van der Waals surface area contributed by atoms with E-state index in [9.17, 15) is 9.90 Å². The minimum atomic E-state index is -0.281. The van der Waals surface area contributed by atoms with Gasteiger partial charge in [-0.2, -0.15) is 0 Å². The van der Waals surface area contributed by atoms with E-state index < -0.39 is 0 Å². The molecular weight excluding hydrogens is 206 g/mol. The lowest BCUT2D eigenvalue weighted by atomic mass is 10.1. The molecule has 4 nitrogen and oxygen atoms in total. The van der Waals surface area contributed by atoms with Gasteiger partial charge in [0.15, 0.2) is 0 Å². The standard InChI is InChI=1S/C12H15NO3/c1-2-7-16-12(15)6-4-9-3-5-10(13)11(14)8-9/h2-3,5,8,14H,1,4,6-7,13H2. The Bertz CT molecular complexity index is 388. The maximum absolute atomic E-state index is 11.2. The monoisotopic (exact) mass is 221 g/mol. The van der Waals surface area contributed by atoms with Crippen LogP contribution in [-0.2, 0) is 16.0 Å². The Morgan fingerprint density at radius 1 is 1.56 bits per heavy atom. The first-order valence-corrected chi connectivity index (χ1v) is 4.97. The van der Waals surface area contributed by atoms with Crippen molar-refractivity contribution in [3.63, 3.8) is 0 Å². The first-order valence-electron chi connectivity index (χ1n) is 4.97. The third kappa shape index (κ3) is 3.65. The molecule has 0 aromatic heterocycles. The second-order valence-electron chi connectivity index (χ2n) is 3.36. The molecule has 86 valence electrons. The maximum atomic E-state index is 11.2. The number of hydrogen-bond acceptors (Lipinski definition) is 4. The number of aryl methyl sites for hydroxylation is 1. The smallest absolute Gasteiger partial charge is 0.306 e. The second kappa shape index (κ2) is 5.80. The zero-order valence-corrected chi connectivity index (χ0v) is 8.98. The molecule has 0 saturated heterocycles. The van der Waals surface area contributed by atoms with Crippen molar-refractivity contribution in [2.75, 3.05) is 12.3 Å². The van der Waals surface area contributed by atoms with E-state index in [1.807, 2.05) is 0 Å². The van der Waals surface area contributed by atoms with Gasteiger partial charge in [0.1, 0.15) is 12.4 Å². The van der Waals surface area contributed by atoms with Gasteiger partial charge in [-0.05, 0) is 24.1 Å². The lowest BCUT2D eigenvalue weighted by molar-refractivity contribution is -0.142. The van der Waals surface area contributed by atoms with Crippen LogP contribution in [0.1, 0.15) is 12.0 Å². The summed E-state index contributed by atoms with van der Waals surface area (Å²) in [5, 5.41) is 9.35. The first kappa shape index (κ1) is 12.1. The van der Waals surface area contributed by atoms with E-state index in [4.69, 9.17) is 10.5 Å². The number of anilines is 1. The predicted molar refractivity (Wildman–Crippen MR) is 62.0 cm³/mol. The normalized spacial score (nSPS) is 9.75. The van der Waals surface area contributed by atoms with Crippen molar-refractivity contribution in [3.05, 3.63) is 36.4 Å². The van der Waals surface area contributed by atoms with Crippen molar-refractivity contribution in [1.82, 2.24) is 0 Å². The van der Waals surface area contributed by atoms with Crippen LogP contribution in [0.3, 0.4) is 0 Å². The fourth-order valence-corrected chi connectivity index (χ4v) is 1.22. The predicted octanol–water partition coefficient (Wildman–Crippen LogP) is 1.64. The van der Waals surface area contributed by atoms with Crippen molar-refractivity contribution in [3.8, 4) is 5.75 Å². The van der Waals surface area contributed by atoms with E-state index >= 15 is 0 Å². The molecule has 1 aromatic carbocycles. The number of nitrogen functional groups attached to an aromatic ring is 1. The van der Waals surface area contributed by atoms with Crippen LogP contribution in [0.15, 0.2) is 30.9 Å². The minimum Gasteiger partial charge on any atom is -0.506 e. The van der Waals surface area contributed by atoms with Crippen LogP contribution in [0.4, 0.5) is 5.69 Å². The molecule has 0 fully saturated rings. The number of esters is 1. The van der Waals surface area contributed by atoms with Gasteiger partial charge in [0.2, 0.25) is 0 Å². The summed E-state index contributed by atoms with van der Waals surface area (Å²) in [6, 6.07) is 4.94. The Morgan fingerprint density at radius 2 is 2.31 bits per heavy atom. The molecule has 0 amide bonds. The van der Waals surface area contributed by atoms with Crippen LogP contribution in [0.2, 0.25) is 0 Å². The maximum Gasteiger partial charge on any atom is 0.306 e. The molecule has 1 rings (SSSR count). The highest BCUT2D eigenvalue weighted by Gasteiger charge is 2.04. The van der Waals surface area contributed by atoms with Crippen molar-refractivity contribution < 1.29 is 14.6 Å². The van der Waals surface area contributed by atoms with E-state index in [1.165, 1.54) is 6.08 Å². The second-order valence-corrected chi connectivity index (χ2v) is 3.36. The number of nitrogens with two attached hydrogens (primary N) is 1. The van der Waals surface area contributed by atoms with Gasteiger partial charge in [0.05, 0.1) is 5.69 Å². The topological polar surface area (TPSA) is 72.5 Å². The molecule has 3 N–H and O–H groups in total. The van der Waals surface area contributed by atoms with Crippen LogP contribution in [-0.4, -0.2) is 17.7 Å². The largest absolute Gasteiger partial charge is 0.506 e. The number of ether oxygens (including phenoxy) is 1. The van der Waals surface area contributed by atoms with Gasteiger partial charge in [-0.25, -0.2) is 0 Å². The molecular formula is C12H15NO3. The van der Waals surface area contributed by atoms with Gasteiger partial charge < -0.3 is 15.6 Å². The highest BCUT2D eigenvalue weighted by molar-refractivity contribution is 5.70. The number of carbonyl (C=O) groups is 1. The van der Waals surface area contributed by atoms with Gasteiger partial charge in [0.25, 0.3) is 0 Å². The number of phenols is 1. The summed E-state index contributed by atoms with van der Waals surface area (Å²) in [6.45, 7) is 3.68. The van der Waals surface area contributed by atoms with Crippen molar-refractivity contribution >= 4 is 11.7 Å². The Balaban J connectivity index is 2.45. The van der Waals surface area contributed by atoms with Crippen LogP contribution in [0.5, 0.6) is 5.75 Å². The van der Waals surface area contributed by atoms with Gasteiger partial charge in [-0.1, -0.05) is 18.7 Å². The third-order valence-corrected chi connectivity index (χ3v) is 2.07. The molecule has 0 unspecified atom stereocenters. The molecule has 0 atom stereocenters. The van der Waals surface area contributed by atoms with E-state index in [1.54, 1.807) is 18.2 Å². The molecule has 0 aliphatic carbocycles. The summed E-state index contributed by atoms with van der Waals surface area (Å²) in [6.07, 6.45) is 2.31. The third-order valence-electron chi connectivity index (χ3n) is 2.07. The van der Waals surface area contributed by atoms with E-state index in [0.29, 0.717) is 12.1 Å². The fraction of sp³-hybridized carbons (Fsp3) is 0.250. The highest BCUT2D eigenvalue weighted by atomic mass is 16.5. The summed E-state index contributed by atoms with van der Waals surface area (Å²) in [4.78, 5) is 11.2. The molecule has 16 heavy (non-hydrogen) atoms. The quantitative estimate of drug-likeness (QED) is 0.343. The lowest BCUT2D eigenvalue weighted by Gasteiger charge is -2.04. The van der Waals surface area contributed by atoms with Gasteiger partial charge in [-0.15, -0.1) is 0 Å². The Hall–Kier alpha value is -1.97. The van der Waals surface area contributed by atoms with Crippen molar-refractivity contribution in [1.29, 1.82) is 0 Å². The molecule has 0 aliphatic heterocycles. The Morgan fingerprint density at radius 3 is 2.94 bits per heavy atom. The summed E-state index contributed by atoms with van der Waals surface area (Å²) in [7, 11) is 0. The first-order chi connectivity index (χ1) is 7.63. The van der Waals surface area contributed by atoms with E-state index in [2.05, 4.69) is 6.58 Å². The number of benzene rings is 1. The lowest BCUT2D eigenvalue weighted by Crippen LogP contribution is -2.05. The highest BCUT2D eigenvalue weighted by Crippen LogP contribution is 2.21. The molecule has 4 heteroatoms. The molecule has 0 heterocycles. The average molecular weight is 221 g/mol. The van der Waals surface area contributed by atoms with Gasteiger partial charge >= 0.3 is 5.97 Å². The minimum absolute atomic E-state index is 0.0389. The molecule has 0 aliphatic rings. The van der Waals surface area contributed by atoms with Crippen molar-refractivity contribution in [2.45, 2.75) is 12.8 Å².